The fourth-order valence-corrected chi connectivity index (χ4v) is 3.88. The van der Waals surface area contributed by atoms with Gasteiger partial charge in [0.05, 0.1) is 10.6 Å². The van der Waals surface area contributed by atoms with E-state index in [0.29, 0.717) is 12.5 Å². The molecule has 0 N–H and O–H groups in total. The van der Waals surface area contributed by atoms with Gasteiger partial charge in [0.15, 0.2) is 11.5 Å². The first-order valence-electron chi connectivity index (χ1n) is 8.12. The van der Waals surface area contributed by atoms with Gasteiger partial charge in [0.2, 0.25) is 12.7 Å². The van der Waals surface area contributed by atoms with Crippen LogP contribution in [0.25, 0.3) is 11.3 Å². The molecule has 1 amide bonds. The molecule has 0 unspecified atom stereocenters. The molecular weight excluding hydrogens is 338 g/mol. The zero-order valence-electron chi connectivity index (χ0n) is 13.3. The van der Waals surface area contributed by atoms with Crippen LogP contribution in [0, 0.1) is 0 Å². The lowest BCUT2D eigenvalue weighted by Gasteiger charge is -2.26. The van der Waals surface area contributed by atoms with Crippen molar-refractivity contribution < 1.29 is 14.3 Å². The quantitative estimate of drug-likeness (QED) is 0.709. The van der Waals surface area contributed by atoms with Gasteiger partial charge < -0.3 is 14.0 Å². The topological polar surface area (TPSA) is 56.6 Å². The Balaban J connectivity index is 1.52. The third-order valence-corrected chi connectivity index (χ3v) is 5.28. The van der Waals surface area contributed by atoms with Crippen LogP contribution in [0.4, 0.5) is 5.95 Å². The summed E-state index contributed by atoms with van der Waals surface area (Å²) in [7, 11) is 0. The second kappa shape index (κ2) is 5.63. The van der Waals surface area contributed by atoms with Crippen LogP contribution < -0.4 is 14.4 Å². The van der Waals surface area contributed by atoms with Crippen molar-refractivity contribution in [3.05, 3.63) is 46.8 Å². The molecule has 0 atom stereocenters. The normalized spacial score (nSPS) is 15.3. The molecule has 0 radical (unpaired) electrons. The number of carbonyl (C=O) groups is 1. The Labute approximate surface area is 148 Å². The van der Waals surface area contributed by atoms with Crippen molar-refractivity contribution in [3.63, 3.8) is 0 Å². The number of benzene rings is 1. The average molecular weight is 353 g/mol. The van der Waals surface area contributed by atoms with Gasteiger partial charge in [0, 0.05) is 24.8 Å². The van der Waals surface area contributed by atoms with Crippen LogP contribution in [0.1, 0.15) is 16.1 Å². The highest BCUT2D eigenvalue weighted by atomic mass is 32.1. The van der Waals surface area contributed by atoms with Gasteiger partial charge in [-0.05, 0) is 36.1 Å². The minimum atomic E-state index is 0.0128. The number of hydrogen-bond acceptors (Lipinski definition) is 5. The predicted molar refractivity (Wildman–Crippen MR) is 94.4 cm³/mol. The standard InChI is InChI=1S/C18H15N3O3S/c22-17(16-3-1-8-25-16)21-7-2-6-20-10-13(19-18(20)21)12-4-5-14-15(9-12)24-11-23-14/h1,3-5,8-10H,2,6-7,11H2. The van der Waals surface area contributed by atoms with Gasteiger partial charge in [-0.1, -0.05) is 6.07 Å². The van der Waals surface area contributed by atoms with E-state index in [2.05, 4.69) is 4.57 Å². The van der Waals surface area contributed by atoms with Gasteiger partial charge >= 0.3 is 0 Å². The number of ether oxygens (including phenoxy) is 2. The van der Waals surface area contributed by atoms with Crippen LogP contribution in [-0.2, 0) is 6.54 Å². The molecule has 1 aromatic carbocycles. The molecule has 3 aromatic rings. The average Bonchev–Trinajstić information content (AvgIpc) is 3.39. The minimum absolute atomic E-state index is 0.0128. The van der Waals surface area contributed by atoms with Crippen LogP contribution in [0.2, 0.25) is 0 Å². The number of thiophene rings is 1. The van der Waals surface area contributed by atoms with Crippen LogP contribution in [0.5, 0.6) is 11.5 Å². The van der Waals surface area contributed by atoms with Crippen molar-refractivity contribution in [3.8, 4) is 22.8 Å². The van der Waals surface area contributed by atoms with E-state index in [1.54, 1.807) is 4.90 Å². The van der Waals surface area contributed by atoms with Gasteiger partial charge in [0.25, 0.3) is 5.91 Å². The summed E-state index contributed by atoms with van der Waals surface area (Å²) < 4.78 is 12.9. The highest BCUT2D eigenvalue weighted by Crippen LogP contribution is 2.36. The van der Waals surface area contributed by atoms with E-state index >= 15 is 0 Å². The van der Waals surface area contributed by atoms with Crippen LogP contribution in [-0.4, -0.2) is 28.8 Å². The summed E-state index contributed by atoms with van der Waals surface area (Å²) in [4.78, 5) is 20.0. The second-order valence-corrected chi connectivity index (χ2v) is 6.92. The molecule has 2 aliphatic rings. The number of carbonyl (C=O) groups excluding carboxylic acids is 1. The summed E-state index contributed by atoms with van der Waals surface area (Å²) in [6.45, 7) is 1.80. The highest BCUT2D eigenvalue weighted by Gasteiger charge is 2.27. The molecule has 0 fully saturated rings. The monoisotopic (exact) mass is 353 g/mol. The van der Waals surface area contributed by atoms with Crippen LogP contribution in [0.3, 0.4) is 0 Å². The lowest BCUT2D eigenvalue weighted by atomic mass is 10.1. The van der Waals surface area contributed by atoms with E-state index in [0.717, 1.165) is 40.6 Å². The zero-order chi connectivity index (χ0) is 16.8. The Kier molecular flexibility index (Phi) is 3.27. The van der Waals surface area contributed by atoms with Gasteiger partial charge in [-0.3, -0.25) is 9.69 Å². The fraction of sp³-hybridized carbons (Fsp3) is 0.222. The molecule has 0 saturated carbocycles. The maximum Gasteiger partial charge on any atom is 0.270 e. The summed E-state index contributed by atoms with van der Waals surface area (Å²) >= 11 is 1.46. The SMILES string of the molecule is O=C(c1cccs1)N1CCCn2cc(-c3ccc4c(c3)OCO4)nc21. The second-order valence-electron chi connectivity index (χ2n) is 5.98. The van der Waals surface area contributed by atoms with Crippen molar-refractivity contribution in [2.75, 3.05) is 18.2 Å². The number of nitrogens with zero attached hydrogens (tertiary/aromatic N) is 3. The molecule has 2 aliphatic heterocycles. The Bertz CT molecular complexity index is 949. The van der Waals surface area contributed by atoms with Crippen molar-refractivity contribution in [1.29, 1.82) is 0 Å². The molecule has 0 saturated heterocycles. The summed E-state index contributed by atoms with van der Waals surface area (Å²) in [5, 5.41) is 1.92. The number of aromatic nitrogens is 2. The van der Waals surface area contributed by atoms with Crippen molar-refractivity contribution in [2.45, 2.75) is 13.0 Å². The van der Waals surface area contributed by atoms with Gasteiger partial charge in [0.1, 0.15) is 0 Å². The predicted octanol–water partition coefficient (Wildman–Crippen LogP) is 3.39. The number of rotatable bonds is 2. The zero-order valence-corrected chi connectivity index (χ0v) is 14.2. The van der Waals surface area contributed by atoms with E-state index in [1.807, 2.05) is 41.9 Å². The Morgan fingerprint density at radius 1 is 1.16 bits per heavy atom. The number of anilines is 1. The van der Waals surface area contributed by atoms with Gasteiger partial charge in [-0.15, -0.1) is 11.3 Å². The van der Waals surface area contributed by atoms with E-state index in [9.17, 15) is 4.79 Å². The summed E-state index contributed by atoms with van der Waals surface area (Å²) in [6, 6.07) is 9.54. The largest absolute Gasteiger partial charge is 0.454 e. The Morgan fingerprint density at radius 2 is 2.08 bits per heavy atom. The molecule has 4 heterocycles. The number of imidazole rings is 1. The molecule has 2 aromatic heterocycles. The van der Waals surface area contributed by atoms with E-state index in [1.165, 1.54) is 11.3 Å². The van der Waals surface area contributed by atoms with Crippen LogP contribution >= 0.6 is 11.3 Å². The van der Waals surface area contributed by atoms with Crippen molar-refractivity contribution in [2.24, 2.45) is 0 Å². The first-order valence-corrected chi connectivity index (χ1v) is 9.00. The summed E-state index contributed by atoms with van der Waals surface area (Å²) in [5.41, 5.74) is 1.79. The first kappa shape index (κ1) is 14.5. The third kappa shape index (κ3) is 2.39. The Hall–Kier alpha value is -2.80. The summed E-state index contributed by atoms with van der Waals surface area (Å²) in [5.74, 6) is 2.20. The molecule has 0 aliphatic carbocycles. The van der Waals surface area contributed by atoms with E-state index in [-0.39, 0.29) is 12.7 Å². The van der Waals surface area contributed by atoms with Crippen molar-refractivity contribution in [1.82, 2.24) is 9.55 Å². The Morgan fingerprint density at radius 3 is 2.96 bits per heavy atom. The molecule has 0 bridgehead atoms. The summed E-state index contributed by atoms with van der Waals surface area (Å²) in [6.07, 6.45) is 2.92. The molecule has 25 heavy (non-hydrogen) atoms. The van der Waals surface area contributed by atoms with Gasteiger partial charge in [-0.2, -0.15) is 0 Å². The molecular formula is C18H15N3O3S. The van der Waals surface area contributed by atoms with E-state index in [4.69, 9.17) is 14.5 Å². The molecule has 6 nitrogen and oxygen atoms in total. The smallest absolute Gasteiger partial charge is 0.270 e. The lowest BCUT2D eigenvalue weighted by molar-refractivity contribution is 0.0985. The minimum Gasteiger partial charge on any atom is -0.454 e. The molecule has 126 valence electrons. The van der Waals surface area contributed by atoms with Crippen LogP contribution in [0.15, 0.2) is 41.9 Å². The first-order chi connectivity index (χ1) is 12.3. The molecule has 5 rings (SSSR count). The molecule has 0 spiro atoms. The number of hydrogen-bond donors (Lipinski definition) is 0. The lowest BCUT2D eigenvalue weighted by Crippen LogP contribution is -2.37. The molecule has 7 heteroatoms. The fourth-order valence-electron chi connectivity index (χ4n) is 3.21. The van der Waals surface area contributed by atoms with Crippen molar-refractivity contribution >= 4 is 23.2 Å². The number of aryl methyl sites for hydroxylation is 1. The third-order valence-electron chi connectivity index (χ3n) is 4.42. The number of fused-ring (bicyclic) bond motifs is 2. The maximum atomic E-state index is 12.8. The highest BCUT2D eigenvalue weighted by molar-refractivity contribution is 7.12. The maximum absolute atomic E-state index is 12.8. The van der Waals surface area contributed by atoms with E-state index < -0.39 is 0 Å². The van der Waals surface area contributed by atoms with Gasteiger partial charge in [-0.25, -0.2) is 4.98 Å². The number of amides is 1.